The summed E-state index contributed by atoms with van der Waals surface area (Å²) in [6.07, 6.45) is 2.24. The molecular formula is C12H21N5S. The number of hydrogen-bond acceptors (Lipinski definition) is 6. The van der Waals surface area contributed by atoms with Gasteiger partial charge in [0, 0.05) is 56.7 Å². The number of piperazine rings is 1. The van der Waals surface area contributed by atoms with Crippen LogP contribution < -0.4 is 10.2 Å². The second-order valence-corrected chi connectivity index (χ2v) is 5.75. The van der Waals surface area contributed by atoms with Crippen molar-refractivity contribution in [3.8, 4) is 0 Å². The maximum absolute atomic E-state index is 4.58. The van der Waals surface area contributed by atoms with Crippen LogP contribution in [0.25, 0.3) is 0 Å². The molecule has 100 valence electrons. The second kappa shape index (κ2) is 5.50. The average Bonchev–Trinajstić information content (AvgIpc) is 3.10. The van der Waals surface area contributed by atoms with Gasteiger partial charge in [-0.1, -0.05) is 6.92 Å². The maximum Gasteiger partial charge on any atom is 0.205 e. The molecule has 0 amide bonds. The summed E-state index contributed by atoms with van der Waals surface area (Å²) in [6, 6.07) is 0.757. The Morgan fingerprint density at radius 3 is 2.78 bits per heavy atom. The van der Waals surface area contributed by atoms with Crippen molar-refractivity contribution in [2.45, 2.75) is 25.8 Å². The highest BCUT2D eigenvalue weighted by Gasteiger charge is 2.26. The van der Waals surface area contributed by atoms with E-state index in [-0.39, 0.29) is 0 Å². The van der Waals surface area contributed by atoms with E-state index in [9.17, 15) is 0 Å². The summed E-state index contributed by atoms with van der Waals surface area (Å²) < 4.78 is 4.37. The molecule has 2 saturated heterocycles. The van der Waals surface area contributed by atoms with Crippen molar-refractivity contribution in [1.29, 1.82) is 0 Å². The van der Waals surface area contributed by atoms with E-state index in [1.54, 1.807) is 11.5 Å². The van der Waals surface area contributed by atoms with Crippen molar-refractivity contribution in [3.05, 3.63) is 5.82 Å². The summed E-state index contributed by atoms with van der Waals surface area (Å²) >= 11 is 1.55. The molecule has 18 heavy (non-hydrogen) atoms. The lowest BCUT2D eigenvalue weighted by Crippen LogP contribution is -2.51. The third kappa shape index (κ3) is 2.50. The van der Waals surface area contributed by atoms with E-state index < -0.39 is 0 Å². The molecule has 5 nitrogen and oxygen atoms in total. The molecule has 1 N–H and O–H groups in total. The minimum atomic E-state index is 0.757. The molecule has 1 aromatic rings. The summed E-state index contributed by atoms with van der Waals surface area (Å²) in [7, 11) is 0. The van der Waals surface area contributed by atoms with Crippen molar-refractivity contribution >= 4 is 16.7 Å². The molecule has 0 aliphatic carbocycles. The first-order valence-electron chi connectivity index (χ1n) is 6.89. The SMILES string of the molecule is CCc1nsc(N2CCN(C3CCNC3)CC2)n1. The predicted molar refractivity (Wildman–Crippen MR) is 74.3 cm³/mol. The summed E-state index contributed by atoms with van der Waals surface area (Å²) in [5.41, 5.74) is 0. The molecule has 2 aliphatic rings. The topological polar surface area (TPSA) is 44.3 Å². The van der Waals surface area contributed by atoms with Gasteiger partial charge in [-0.05, 0) is 13.0 Å². The van der Waals surface area contributed by atoms with E-state index in [0.717, 1.165) is 49.6 Å². The lowest BCUT2D eigenvalue weighted by Gasteiger charge is -2.37. The fourth-order valence-corrected chi connectivity index (χ4v) is 3.55. The molecule has 1 aromatic heterocycles. The van der Waals surface area contributed by atoms with Crippen LogP contribution in [-0.4, -0.2) is 59.6 Å². The number of nitrogens with zero attached hydrogens (tertiary/aromatic N) is 4. The Morgan fingerprint density at radius 2 is 2.17 bits per heavy atom. The lowest BCUT2D eigenvalue weighted by molar-refractivity contribution is 0.196. The molecule has 3 rings (SSSR count). The highest BCUT2D eigenvalue weighted by molar-refractivity contribution is 7.09. The number of aryl methyl sites for hydroxylation is 1. The number of anilines is 1. The first kappa shape index (κ1) is 12.3. The molecule has 0 saturated carbocycles. The third-order valence-corrected chi connectivity index (χ3v) is 4.72. The molecule has 0 aromatic carbocycles. The first-order valence-corrected chi connectivity index (χ1v) is 7.66. The van der Waals surface area contributed by atoms with Crippen molar-refractivity contribution in [2.75, 3.05) is 44.2 Å². The zero-order chi connectivity index (χ0) is 12.4. The van der Waals surface area contributed by atoms with Gasteiger partial charge in [-0.3, -0.25) is 4.90 Å². The van der Waals surface area contributed by atoms with Crippen molar-refractivity contribution in [3.63, 3.8) is 0 Å². The summed E-state index contributed by atoms with van der Waals surface area (Å²) in [6.45, 7) is 8.96. The van der Waals surface area contributed by atoms with E-state index in [1.165, 1.54) is 19.5 Å². The molecule has 6 heteroatoms. The highest BCUT2D eigenvalue weighted by Crippen LogP contribution is 2.20. The van der Waals surface area contributed by atoms with Crippen LogP contribution in [0.15, 0.2) is 0 Å². The van der Waals surface area contributed by atoms with Gasteiger partial charge in [0.15, 0.2) is 0 Å². The Morgan fingerprint density at radius 1 is 1.33 bits per heavy atom. The average molecular weight is 267 g/mol. The molecule has 1 atom stereocenters. The first-order chi connectivity index (χ1) is 8.86. The van der Waals surface area contributed by atoms with Gasteiger partial charge < -0.3 is 10.2 Å². The van der Waals surface area contributed by atoms with Gasteiger partial charge >= 0.3 is 0 Å². The normalized spacial score (nSPS) is 25.8. The molecule has 2 fully saturated rings. The zero-order valence-corrected chi connectivity index (χ0v) is 11.7. The predicted octanol–water partition coefficient (Wildman–Crippen LogP) is 0.584. The Kier molecular flexibility index (Phi) is 3.77. The minimum Gasteiger partial charge on any atom is -0.344 e. The number of aromatic nitrogens is 2. The monoisotopic (exact) mass is 267 g/mol. The second-order valence-electron chi connectivity index (χ2n) is 5.02. The Balaban J connectivity index is 1.55. The highest BCUT2D eigenvalue weighted by atomic mass is 32.1. The smallest absolute Gasteiger partial charge is 0.205 e. The van der Waals surface area contributed by atoms with Crippen LogP contribution in [0.5, 0.6) is 0 Å². The van der Waals surface area contributed by atoms with E-state index in [4.69, 9.17) is 0 Å². The molecule has 0 spiro atoms. The van der Waals surface area contributed by atoms with Crippen LogP contribution in [0.1, 0.15) is 19.2 Å². The lowest BCUT2D eigenvalue weighted by atomic mass is 10.2. The van der Waals surface area contributed by atoms with E-state index in [0.29, 0.717) is 0 Å². The molecular weight excluding hydrogens is 246 g/mol. The number of nitrogens with one attached hydrogen (secondary N) is 1. The van der Waals surface area contributed by atoms with Crippen LogP contribution in [0.2, 0.25) is 0 Å². The zero-order valence-electron chi connectivity index (χ0n) is 10.9. The molecule has 1 unspecified atom stereocenters. The van der Waals surface area contributed by atoms with Crippen LogP contribution in [0.4, 0.5) is 5.13 Å². The van der Waals surface area contributed by atoms with Crippen LogP contribution in [0, 0.1) is 0 Å². The van der Waals surface area contributed by atoms with Gasteiger partial charge in [-0.2, -0.15) is 4.37 Å². The Labute approximate surface area is 112 Å². The minimum absolute atomic E-state index is 0.757. The summed E-state index contributed by atoms with van der Waals surface area (Å²) in [4.78, 5) is 9.59. The van der Waals surface area contributed by atoms with Crippen molar-refractivity contribution < 1.29 is 0 Å². The van der Waals surface area contributed by atoms with Gasteiger partial charge in [0.2, 0.25) is 5.13 Å². The van der Waals surface area contributed by atoms with Crippen molar-refractivity contribution in [2.24, 2.45) is 0 Å². The standard InChI is InChI=1S/C12H21N5S/c1-2-11-14-12(18-15-11)17-7-5-16(6-8-17)10-3-4-13-9-10/h10,13H,2-9H2,1H3. The van der Waals surface area contributed by atoms with Crippen LogP contribution in [0.3, 0.4) is 0 Å². The Bertz CT molecular complexity index is 380. The molecule has 2 aliphatic heterocycles. The van der Waals surface area contributed by atoms with Crippen LogP contribution >= 0.6 is 11.5 Å². The van der Waals surface area contributed by atoms with Crippen molar-refractivity contribution in [1.82, 2.24) is 19.6 Å². The van der Waals surface area contributed by atoms with Gasteiger partial charge in [-0.15, -0.1) is 0 Å². The van der Waals surface area contributed by atoms with Gasteiger partial charge in [0.25, 0.3) is 0 Å². The maximum atomic E-state index is 4.58. The third-order valence-electron chi connectivity index (χ3n) is 3.91. The van der Waals surface area contributed by atoms with Gasteiger partial charge in [-0.25, -0.2) is 4.98 Å². The van der Waals surface area contributed by atoms with Gasteiger partial charge in [0.05, 0.1) is 0 Å². The summed E-state index contributed by atoms with van der Waals surface area (Å²) in [5.74, 6) is 0.984. The summed E-state index contributed by atoms with van der Waals surface area (Å²) in [5, 5.41) is 4.56. The van der Waals surface area contributed by atoms with E-state index in [1.807, 2.05) is 0 Å². The van der Waals surface area contributed by atoms with Crippen LogP contribution in [-0.2, 0) is 6.42 Å². The molecule has 3 heterocycles. The van der Waals surface area contributed by atoms with Gasteiger partial charge in [0.1, 0.15) is 5.82 Å². The Hall–Kier alpha value is -0.720. The quantitative estimate of drug-likeness (QED) is 0.868. The van der Waals surface area contributed by atoms with E-state index in [2.05, 4.69) is 31.4 Å². The molecule has 0 bridgehead atoms. The number of hydrogen-bond donors (Lipinski definition) is 1. The fourth-order valence-electron chi connectivity index (χ4n) is 2.75. The van der Waals surface area contributed by atoms with E-state index >= 15 is 0 Å². The fraction of sp³-hybridized carbons (Fsp3) is 0.833. The number of rotatable bonds is 3. The molecule has 0 radical (unpaired) electrons. The largest absolute Gasteiger partial charge is 0.344 e.